The number of anilines is 1. The maximum atomic E-state index is 13.9. The summed E-state index contributed by atoms with van der Waals surface area (Å²) in [5, 5.41) is 9.04. The number of halogens is 1. The number of nitriles is 1. The molecule has 0 bridgehead atoms. The number of hydrogen-bond donors (Lipinski definition) is 1. The topological polar surface area (TPSA) is 70.9 Å². The number of hydrogen-bond acceptors (Lipinski definition) is 4. The number of nitrogens with two attached hydrogens (primary N) is 1. The zero-order chi connectivity index (χ0) is 19.0. The Morgan fingerprint density at radius 1 is 1.22 bits per heavy atom. The van der Waals surface area contributed by atoms with Crippen LogP contribution < -0.4 is 10.6 Å². The van der Waals surface area contributed by atoms with Gasteiger partial charge in [-0.2, -0.15) is 5.26 Å². The van der Waals surface area contributed by atoms with Gasteiger partial charge in [-0.15, -0.1) is 0 Å². The third kappa shape index (κ3) is 3.15. The second kappa shape index (κ2) is 7.01. The lowest BCUT2D eigenvalue weighted by atomic mass is 10.0. The maximum Gasteiger partial charge on any atom is 0.207 e. The van der Waals surface area contributed by atoms with Crippen molar-refractivity contribution >= 4 is 17.0 Å². The Kier molecular flexibility index (Phi) is 4.54. The van der Waals surface area contributed by atoms with Gasteiger partial charge >= 0.3 is 0 Å². The van der Waals surface area contributed by atoms with Crippen molar-refractivity contribution < 1.29 is 4.39 Å². The predicted octanol–water partition coefficient (Wildman–Crippen LogP) is 3.39. The molecular weight excluding hydrogens is 341 g/mol. The zero-order valence-corrected chi connectivity index (χ0v) is 15.2. The van der Waals surface area contributed by atoms with E-state index in [1.807, 2.05) is 48.5 Å². The van der Waals surface area contributed by atoms with Crippen LogP contribution in [0.15, 0.2) is 48.5 Å². The lowest BCUT2D eigenvalue weighted by Crippen LogP contribution is -2.50. The fraction of sp³-hybridized carbons (Fsp3) is 0.333. The Labute approximate surface area is 157 Å². The maximum absolute atomic E-state index is 13.9. The Morgan fingerprint density at radius 3 is 2.67 bits per heavy atom. The smallest absolute Gasteiger partial charge is 0.207 e. The average molecular weight is 363 g/mol. The van der Waals surface area contributed by atoms with Crippen molar-refractivity contribution in [2.24, 2.45) is 5.73 Å². The van der Waals surface area contributed by atoms with Crippen LogP contribution in [0.1, 0.15) is 30.5 Å². The number of para-hydroxylation sites is 2. The summed E-state index contributed by atoms with van der Waals surface area (Å²) in [7, 11) is 0. The van der Waals surface area contributed by atoms with Gasteiger partial charge in [0.2, 0.25) is 5.95 Å². The van der Waals surface area contributed by atoms with Gasteiger partial charge in [0.25, 0.3) is 0 Å². The van der Waals surface area contributed by atoms with Gasteiger partial charge < -0.3 is 15.2 Å². The number of fused-ring (bicyclic) bond motifs is 1. The highest BCUT2D eigenvalue weighted by atomic mass is 19.1. The van der Waals surface area contributed by atoms with Gasteiger partial charge in [-0.25, -0.2) is 9.37 Å². The minimum Gasteiger partial charge on any atom is -0.340 e. The van der Waals surface area contributed by atoms with E-state index < -0.39 is 12.2 Å². The van der Waals surface area contributed by atoms with Crippen molar-refractivity contribution in [2.75, 3.05) is 18.0 Å². The van der Waals surface area contributed by atoms with Crippen molar-refractivity contribution in [1.29, 1.82) is 5.26 Å². The second-order valence-corrected chi connectivity index (χ2v) is 7.09. The number of rotatable bonds is 3. The van der Waals surface area contributed by atoms with Crippen LogP contribution in [0.25, 0.3) is 11.0 Å². The van der Waals surface area contributed by atoms with E-state index in [0.29, 0.717) is 25.1 Å². The fourth-order valence-corrected chi connectivity index (χ4v) is 3.76. The minimum absolute atomic E-state index is 0.0134. The first kappa shape index (κ1) is 17.5. The molecule has 3 atom stereocenters. The van der Waals surface area contributed by atoms with Crippen molar-refractivity contribution in [1.82, 2.24) is 9.55 Å². The first-order valence-electron chi connectivity index (χ1n) is 9.20. The Hall–Kier alpha value is -2.91. The van der Waals surface area contributed by atoms with Crippen LogP contribution >= 0.6 is 0 Å². The number of imidazole rings is 1. The van der Waals surface area contributed by atoms with E-state index in [4.69, 9.17) is 16.0 Å². The molecule has 2 aromatic carbocycles. The monoisotopic (exact) mass is 363 g/mol. The van der Waals surface area contributed by atoms with Gasteiger partial charge in [0.05, 0.1) is 34.7 Å². The lowest BCUT2D eigenvalue weighted by Gasteiger charge is -2.35. The molecule has 0 spiro atoms. The molecule has 6 heteroatoms. The third-order valence-corrected chi connectivity index (χ3v) is 5.34. The summed E-state index contributed by atoms with van der Waals surface area (Å²) in [5.74, 6) is 0.815. The highest BCUT2D eigenvalue weighted by molar-refractivity contribution is 5.79. The Morgan fingerprint density at radius 2 is 1.96 bits per heavy atom. The van der Waals surface area contributed by atoms with E-state index >= 15 is 0 Å². The average Bonchev–Trinajstić information content (AvgIpc) is 3.09. The van der Waals surface area contributed by atoms with Gasteiger partial charge in [0.1, 0.15) is 6.17 Å². The van der Waals surface area contributed by atoms with Crippen LogP contribution in [0.4, 0.5) is 10.3 Å². The highest BCUT2D eigenvalue weighted by Gasteiger charge is 2.30. The SMILES string of the molecule is C[C@@H](c1ccc(C#N)cc1)n1c(N2CC[C@@H](F)[C@H](N)C2)nc2ccccc21. The molecule has 1 aromatic heterocycles. The normalized spacial score (nSPS) is 21.2. The molecule has 0 amide bonds. The second-order valence-electron chi connectivity index (χ2n) is 7.09. The van der Waals surface area contributed by atoms with Crippen LogP contribution in [0.3, 0.4) is 0 Å². The highest BCUT2D eigenvalue weighted by Crippen LogP contribution is 2.32. The van der Waals surface area contributed by atoms with Crippen molar-refractivity contribution in [2.45, 2.75) is 31.6 Å². The Balaban J connectivity index is 1.79. The van der Waals surface area contributed by atoms with Crippen molar-refractivity contribution in [3.63, 3.8) is 0 Å². The molecule has 1 saturated heterocycles. The van der Waals surface area contributed by atoms with E-state index in [0.717, 1.165) is 22.5 Å². The summed E-state index contributed by atoms with van der Waals surface area (Å²) < 4.78 is 16.0. The number of nitrogens with zero attached hydrogens (tertiary/aromatic N) is 4. The number of piperidine rings is 1. The molecule has 0 saturated carbocycles. The summed E-state index contributed by atoms with van der Waals surface area (Å²) in [6.07, 6.45) is -0.551. The van der Waals surface area contributed by atoms with E-state index in [2.05, 4.69) is 22.5 Å². The molecule has 5 nitrogen and oxygen atoms in total. The first-order chi connectivity index (χ1) is 13.1. The van der Waals surface area contributed by atoms with E-state index in [-0.39, 0.29) is 6.04 Å². The van der Waals surface area contributed by atoms with Gasteiger partial charge in [-0.3, -0.25) is 0 Å². The predicted molar refractivity (Wildman–Crippen MR) is 104 cm³/mol. The summed E-state index contributed by atoms with van der Waals surface area (Å²) in [4.78, 5) is 6.92. The Bertz CT molecular complexity index is 988. The number of benzene rings is 2. The largest absolute Gasteiger partial charge is 0.340 e. The van der Waals surface area contributed by atoms with Crippen molar-refractivity contribution in [3.8, 4) is 6.07 Å². The van der Waals surface area contributed by atoms with Crippen LogP contribution in [0.5, 0.6) is 0 Å². The van der Waals surface area contributed by atoms with Gasteiger partial charge in [-0.1, -0.05) is 24.3 Å². The van der Waals surface area contributed by atoms with Crippen LogP contribution in [-0.4, -0.2) is 34.9 Å². The molecule has 1 aliphatic heterocycles. The molecule has 1 aliphatic rings. The van der Waals surface area contributed by atoms with Crippen LogP contribution in [0.2, 0.25) is 0 Å². The molecule has 2 N–H and O–H groups in total. The number of alkyl halides is 1. The van der Waals surface area contributed by atoms with Gasteiger partial charge in [0.15, 0.2) is 0 Å². The molecule has 1 fully saturated rings. The summed E-state index contributed by atoms with van der Waals surface area (Å²) in [5.41, 5.74) is 9.64. The van der Waals surface area contributed by atoms with Crippen LogP contribution in [0, 0.1) is 11.3 Å². The summed E-state index contributed by atoms with van der Waals surface area (Å²) in [6, 6.07) is 17.3. The number of aromatic nitrogens is 2. The van der Waals surface area contributed by atoms with Gasteiger partial charge in [0, 0.05) is 13.1 Å². The molecule has 0 aliphatic carbocycles. The molecule has 138 valence electrons. The van der Waals surface area contributed by atoms with Crippen LogP contribution in [-0.2, 0) is 0 Å². The fourth-order valence-electron chi connectivity index (χ4n) is 3.76. The standard InChI is InChI=1S/C21H22FN5/c1-14(16-8-6-15(12-23)7-9-16)27-20-5-3-2-4-19(20)25-21(27)26-11-10-17(22)18(24)13-26/h2-9,14,17-18H,10-11,13,24H2,1H3/t14-,17+,18+/m0/s1. The summed E-state index contributed by atoms with van der Waals surface area (Å²) >= 11 is 0. The van der Waals surface area contributed by atoms with Gasteiger partial charge in [-0.05, 0) is 43.2 Å². The molecule has 0 radical (unpaired) electrons. The minimum atomic E-state index is -0.963. The third-order valence-electron chi connectivity index (χ3n) is 5.34. The van der Waals surface area contributed by atoms with Crippen molar-refractivity contribution in [3.05, 3.63) is 59.7 Å². The molecule has 3 aromatic rings. The molecule has 0 unspecified atom stereocenters. The first-order valence-corrected chi connectivity index (χ1v) is 9.20. The molecular formula is C21H22FN5. The molecule has 27 heavy (non-hydrogen) atoms. The molecule has 4 rings (SSSR count). The van der Waals surface area contributed by atoms with E-state index in [9.17, 15) is 4.39 Å². The van der Waals surface area contributed by atoms with E-state index in [1.54, 1.807) is 0 Å². The van der Waals surface area contributed by atoms with E-state index in [1.165, 1.54) is 0 Å². The summed E-state index contributed by atoms with van der Waals surface area (Å²) in [6.45, 7) is 3.16. The quantitative estimate of drug-likeness (QED) is 0.774. The molecule has 2 heterocycles. The lowest BCUT2D eigenvalue weighted by molar-refractivity contribution is 0.243. The zero-order valence-electron chi connectivity index (χ0n) is 15.2.